The minimum atomic E-state index is -0.424. The highest BCUT2D eigenvalue weighted by atomic mass is 19.1. The van der Waals surface area contributed by atoms with Crippen LogP contribution in [0.1, 0.15) is 18.0 Å². The van der Waals surface area contributed by atoms with Crippen LogP contribution in [0.5, 0.6) is 5.75 Å². The first-order chi connectivity index (χ1) is 12.1. The molecule has 3 aromatic rings. The Morgan fingerprint density at radius 1 is 1.24 bits per heavy atom. The van der Waals surface area contributed by atoms with E-state index in [-0.39, 0.29) is 17.5 Å². The molecule has 4 rings (SSSR count). The molecule has 25 heavy (non-hydrogen) atoms. The molecule has 1 aromatic heterocycles. The number of rotatable bonds is 3. The second-order valence-corrected chi connectivity index (χ2v) is 5.83. The lowest BCUT2D eigenvalue weighted by Crippen LogP contribution is -2.20. The summed E-state index contributed by atoms with van der Waals surface area (Å²) in [5.74, 6) is 0.326. The Bertz CT molecular complexity index is 977. The van der Waals surface area contributed by atoms with E-state index in [9.17, 15) is 14.5 Å². The number of ether oxygens (including phenoxy) is 1. The molecule has 0 fully saturated rings. The Balaban J connectivity index is 1.77. The van der Waals surface area contributed by atoms with Gasteiger partial charge >= 0.3 is 0 Å². The maximum atomic E-state index is 13.6. The van der Waals surface area contributed by atoms with Crippen molar-refractivity contribution < 1.29 is 14.1 Å². The normalized spacial score (nSPS) is 16.1. The molecule has 6 nitrogen and oxygen atoms in total. The second kappa shape index (κ2) is 6.01. The number of fused-ring (bicyclic) bond motifs is 2. The Morgan fingerprint density at radius 2 is 2.12 bits per heavy atom. The molecule has 1 unspecified atom stereocenters. The summed E-state index contributed by atoms with van der Waals surface area (Å²) in [6.07, 6.45) is 3.74. The molecule has 1 atom stereocenters. The summed E-state index contributed by atoms with van der Waals surface area (Å²) in [7, 11) is 0. The van der Waals surface area contributed by atoms with Crippen molar-refractivity contribution in [1.29, 1.82) is 0 Å². The zero-order valence-corrected chi connectivity index (χ0v) is 13.1. The van der Waals surface area contributed by atoms with Crippen molar-refractivity contribution in [3.05, 3.63) is 70.3 Å². The van der Waals surface area contributed by atoms with E-state index in [0.717, 1.165) is 11.3 Å². The highest BCUT2D eigenvalue weighted by Crippen LogP contribution is 2.37. The molecule has 1 aliphatic heterocycles. The van der Waals surface area contributed by atoms with Gasteiger partial charge in [0.25, 0.3) is 5.69 Å². The average Bonchev–Trinajstić information content (AvgIpc) is 2.62. The maximum absolute atomic E-state index is 13.6. The Morgan fingerprint density at radius 3 is 2.96 bits per heavy atom. The number of nitro benzene ring substituents is 1. The van der Waals surface area contributed by atoms with Crippen LogP contribution in [0.25, 0.3) is 10.8 Å². The van der Waals surface area contributed by atoms with Crippen LogP contribution in [-0.4, -0.2) is 16.5 Å². The van der Waals surface area contributed by atoms with Gasteiger partial charge in [0.05, 0.1) is 23.0 Å². The molecule has 0 amide bonds. The highest BCUT2D eigenvalue weighted by Gasteiger charge is 2.23. The molecule has 0 saturated carbocycles. The number of hydrogen-bond acceptors (Lipinski definition) is 5. The van der Waals surface area contributed by atoms with Gasteiger partial charge in [-0.2, -0.15) is 0 Å². The summed E-state index contributed by atoms with van der Waals surface area (Å²) in [6, 6.07) is 9.17. The van der Waals surface area contributed by atoms with Gasteiger partial charge in [-0.3, -0.25) is 15.1 Å². The first-order valence-corrected chi connectivity index (χ1v) is 7.83. The van der Waals surface area contributed by atoms with Gasteiger partial charge in [0, 0.05) is 41.5 Å². The lowest BCUT2D eigenvalue weighted by atomic mass is 9.99. The van der Waals surface area contributed by atoms with Crippen LogP contribution < -0.4 is 10.1 Å². The molecule has 0 spiro atoms. The third-order valence-electron chi connectivity index (χ3n) is 4.33. The van der Waals surface area contributed by atoms with Gasteiger partial charge in [0.2, 0.25) is 0 Å². The van der Waals surface area contributed by atoms with E-state index in [2.05, 4.69) is 10.3 Å². The number of anilines is 1. The smallest absolute Gasteiger partial charge is 0.278 e. The van der Waals surface area contributed by atoms with Crippen LogP contribution >= 0.6 is 0 Å². The quantitative estimate of drug-likeness (QED) is 0.571. The first-order valence-electron chi connectivity index (χ1n) is 7.83. The third-order valence-corrected chi connectivity index (χ3v) is 4.33. The topological polar surface area (TPSA) is 77.3 Å². The first kappa shape index (κ1) is 15.3. The van der Waals surface area contributed by atoms with Crippen LogP contribution in [0.2, 0.25) is 0 Å². The molecule has 126 valence electrons. The predicted molar refractivity (Wildman–Crippen MR) is 91.3 cm³/mol. The molecular formula is C18H14FN3O3. The lowest BCUT2D eigenvalue weighted by Gasteiger charge is -2.28. The molecule has 0 bridgehead atoms. The van der Waals surface area contributed by atoms with Gasteiger partial charge < -0.3 is 10.1 Å². The van der Waals surface area contributed by atoms with E-state index < -0.39 is 4.92 Å². The molecule has 0 saturated heterocycles. The summed E-state index contributed by atoms with van der Waals surface area (Å²) >= 11 is 0. The molecular weight excluding hydrogens is 325 g/mol. The van der Waals surface area contributed by atoms with Gasteiger partial charge in [-0.05, 0) is 30.3 Å². The van der Waals surface area contributed by atoms with Gasteiger partial charge in [-0.25, -0.2) is 4.39 Å². The molecule has 2 aromatic carbocycles. The van der Waals surface area contributed by atoms with E-state index in [1.54, 1.807) is 24.4 Å². The van der Waals surface area contributed by atoms with E-state index in [4.69, 9.17) is 4.74 Å². The summed E-state index contributed by atoms with van der Waals surface area (Å²) in [5.41, 5.74) is 1.49. The average molecular weight is 339 g/mol. The number of nitrogens with zero attached hydrogens (tertiary/aromatic N) is 2. The minimum absolute atomic E-state index is 0.00655. The van der Waals surface area contributed by atoms with Crippen molar-refractivity contribution in [3.8, 4) is 5.75 Å². The van der Waals surface area contributed by atoms with Gasteiger partial charge in [0.1, 0.15) is 11.6 Å². The van der Waals surface area contributed by atoms with Crippen molar-refractivity contribution in [2.45, 2.75) is 12.5 Å². The number of halogens is 1. The monoisotopic (exact) mass is 339 g/mol. The number of benzene rings is 2. The Hall–Kier alpha value is -3.22. The fraction of sp³-hybridized carbons (Fsp3) is 0.167. The predicted octanol–water partition coefficient (Wildman–Crippen LogP) is 4.22. The van der Waals surface area contributed by atoms with Crippen LogP contribution in [0.4, 0.5) is 15.8 Å². The van der Waals surface area contributed by atoms with Crippen molar-refractivity contribution in [1.82, 2.24) is 4.98 Å². The number of hydrogen-bond donors (Lipinski definition) is 1. The van der Waals surface area contributed by atoms with E-state index >= 15 is 0 Å². The lowest BCUT2D eigenvalue weighted by molar-refractivity contribution is -0.383. The summed E-state index contributed by atoms with van der Waals surface area (Å²) < 4.78 is 19.2. The molecule has 0 radical (unpaired) electrons. The Kier molecular flexibility index (Phi) is 3.68. The van der Waals surface area contributed by atoms with Crippen LogP contribution in [0, 0.1) is 15.9 Å². The largest absolute Gasteiger partial charge is 0.493 e. The van der Waals surface area contributed by atoms with Gasteiger partial charge in [-0.15, -0.1) is 0 Å². The van der Waals surface area contributed by atoms with E-state index in [1.165, 1.54) is 24.4 Å². The van der Waals surface area contributed by atoms with Crippen LogP contribution in [-0.2, 0) is 0 Å². The molecule has 0 aliphatic carbocycles. The number of pyridine rings is 1. The van der Waals surface area contributed by atoms with Gasteiger partial charge in [0.15, 0.2) is 0 Å². The number of aromatic nitrogens is 1. The summed E-state index contributed by atoms with van der Waals surface area (Å²) in [6.45, 7) is 0.517. The minimum Gasteiger partial charge on any atom is -0.493 e. The van der Waals surface area contributed by atoms with Crippen LogP contribution in [0.15, 0.2) is 48.8 Å². The molecule has 2 heterocycles. The fourth-order valence-electron chi connectivity index (χ4n) is 3.16. The number of non-ortho nitro benzene ring substituents is 1. The highest BCUT2D eigenvalue weighted by molar-refractivity contribution is 5.99. The molecule has 7 heteroatoms. The fourth-order valence-corrected chi connectivity index (χ4v) is 3.16. The zero-order chi connectivity index (χ0) is 17.4. The summed E-state index contributed by atoms with van der Waals surface area (Å²) in [5, 5.41) is 15.8. The summed E-state index contributed by atoms with van der Waals surface area (Å²) in [4.78, 5) is 14.8. The van der Waals surface area contributed by atoms with Crippen LogP contribution in [0.3, 0.4) is 0 Å². The zero-order valence-electron chi connectivity index (χ0n) is 13.1. The standard InChI is InChI=1S/C18H14FN3O3/c19-11-1-4-18-13(9-11)16(6-8-25-18)21-15-2-3-17(22(23)24)14-10-20-7-5-12(14)15/h1-5,7,9-10,16,21H,6,8H2. The number of nitrogens with one attached hydrogen (secondary N) is 1. The maximum Gasteiger partial charge on any atom is 0.278 e. The third kappa shape index (κ3) is 2.73. The van der Waals surface area contributed by atoms with Crippen molar-refractivity contribution in [2.75, 3.05) is 11.9 Å². The van der Waals surface area contributed by atoms with Crippen molar-refractivity contribution in [2.24, 2.45) is 0 Å². The molecule has 1 aliphatic rings. The second-order valence-electron chi connectivity index (χ2n) is 5.83. The van der Waals surface area contributed by atoms with E-state index in [1.807, 2.05) is 0 Å². The van der Waals surface area contributed by atoms with Crippen molar-refractivity contribution in [3.63, 3.8) is 0 Å². The Labute approximate surface area is 142 Å². The number of nitro groups is 1. The van der Waals surface area contributed by atoms with Gasteiger partial charge in [-0.1, -0.05) is 0 Å². The molecule has 1 N–H and O–H groups in total. The van der Waals surface area contributed by atoms with E-state index in [0.29, 0.717) is 29.5 Å². The van der Waals surface area contributed by atoms with Crippen molar-refractivity contribution >= 4 is 22.1 Å². The SMILES string of the molecule is O=[N+]([O-])c1ccc(NC2CCOc3ccc(F)cc32)c2ccncc12.